The smallest absolute Gasteiger partial charge is 0.279 e. The van der Waals surface area contributed by atoms with Crippen molar-refractivity contribution in [1.82, 2.24) is 20.3 Å². The molecule has 2 heterocycles. The minimum absolute atomic E-state index is 0.0432. The predicted octanol–water partition coefficient (Wildman–Crippen LogP) is 2.17. The lowest BCUT2D eigenvalue weighted by molar-refractivity contribution is 0.101. The van der Waals surface area contributed by atoms with Gasteiger partial charge in [0.05, 0.1) is 11.4 Å². The average Bonchev–Trinajstić information content (AvgIpc) is 3.01. The van der Waals surface area contributed by atoms with Crippen molar-refractivity contribution in [3.8, 4) is 0 Å². The van der Waals surface area contributed by atoms with E-state index in [1.54, 1.807) is 25.4 Å². The second-order valence-electron chi connectivity index (χ2n) is 4.92. The van der Waals surface area contributed by atoms with Crippen LogP contribution in [0, 0.1) is 12.7 Å². The fourth-order valence-corrected chi connectivity index (χ4v) is 2.04. The van der Waals surface area contributed by atoms with Crippen LogP contribution in [0.5, 0.6) is 0 Å². The molecule has 24 heavy (non-hydrogen) atoms. The number of halogens is 1. The van der Waals surface area contributed by atoms with Gasteiger partial charge in [0.2, 0.25) is 0 Å². The number of amides is 1. The summed E-state index contributed by atoms with van der Waals surface area (Å²) < 4.78 is 18.6. The monoisotopic (exact) mass is 328 g/mol. The van der Waals surface area contributed by atoms with Gasteiger partial charge >= 0.3 is 0 Å². The molecule has 0 aliphatic heterocycles. The zero-order valence-electron chi connectivity index (χ0n) is 12.7. The first-order chi connectivity index (χ1) is 11.6. The van der Waals surface area contributed by atoms with Gasteiger partial charge in [0, 0.05) is 24.5 Å². The first-order valence-corrected chi connectivity index (χ1v) is 7.02. The van der Waals surface area contributed by atoms with Gasteiger partial charge in [-0.2, -0.15) is 0 Å². The predicted molar refractivity (Wildman–Crippen MR) is 82.7 cm³/mol. The molecular weight excluding hydrogens is 315 g/mol. The van der Waals surface area contributed by atoms with Gasteiger partial charge in [0.15, 0.2) is 5.69 Å². The molecule has 2 N–H and O–H groups in total. The number of nitrogens with zero attached hydrogens (tertiary/aromatic N) is 4. The summed E-state index contributed by atoms with van der Waals surface area (Å²) in [5.74, 6) is -1.04. The summed E-state index contributed by atoms with van der Waals surface area (Å²) in [5, 5.41) is 12.6. The summed E-state index contributed by atoms with van der Waals surface area (Å²) in [6.45, 7) is 1.89. The van der Waals surface area contributed by atoms with Crippen LogP contribution in [0.4, 0.5) is 15.8 Å². The number of benzene rings is 1. The van der Waals surface area contributed by atoms with E-state index >= 15 is 0 Å². The van der Waals surface area contributed by atoms with E-state index in [4.69, 9.17) is 0 Å². The summed E-state index contributed by atoms with van der Waals surface area (Å²) in [4.78, 5) is 20.0. The molecule has 0 bridgehead atoms. The van der Waals surface area contributed by atoms with Crippen LogP contribution in [0.25, 0.3) is 0 Å². The molecule has 1 aromatic carbocycles. The number of carbonyl (C=O) groups is 1. The van der Waals surface area contributed by atoms with Crippen molar-refractivity contribution in [3.05, 3.63) is 59.7 Å². The minimum Gasteiger partial charge on any atom is -0.377 e. The molecule has 0 aliphatic carbocycles. The molecule has 1 amide bonds. The average molecular weight is 328 g/mol. The highest BCUT2D eigenvalue weighted by Crippen LogP contribution is 2.26. The van der Waals surface area contributed by atoms with Crippen LogP contribution < -0.4 is 10.6 Å². The molecular formula is C15H13FN6O2. The van der Waals surface area contributed by atoms with Gasteiger partial charge in [-0.1, -0.05) is 11.2 Å². The Kier molecular flexibility index (Phi) is 4.41. The molecule has 0 radical (unpaired) electrons. The fraction of sp³-hybridized carbons (Fsp3) is 0.133. The molecule has 2 aromatic heterocycles. The van der Waals surface area contributed by atoms with E-state index in [0.717, 1.165) is 5.56 Å². The van der Waals surface area contributed by atoms with E-state index < -0.39 is 11.7 Å². The molecule has 122 valence electrons. The first kappa shape index (κ1) is 15.5. The van der Waals surface area contributed by atoms with Crippen molar-refractivity contribution < 1.29 is 13.8 Å². The maximum Gasteiger partial charge on any atom is 0.279 e. The maximum absolute atomic E-state index is 14.1. The Hall–Kier alpha value is -3.36. The first-order valence-electron chi connectivity index (χ1n) is 7.02. The van der Waals surface area contributed by atoms with Crippen LogP contribution in [0.2, 0.25) is 0 Å². The van der Waals surface area contributed by atoms with Crippen molar-refractivity contribution in [1.29, 1.82) is 0 Å². The van der Waals surface area contributed by atoms with Gasteiger partial charge < -0.3 is 10.6 Å². The standard InChI is InChI=1S/C15H13FN6O2/c1-9-13(22-24-21-9)15(23)20-12-4-2-3-11(16)14(12)19-7-10-5-17-8-18-6-10/h2-6,8,19H,7H2,1H3,(H,20,23). The number of hydrogen-bond donors (Lipinski definition) is 2. The molecule has 9 heteroatoms. The Morgan fingerprint density at radius 3 is 2.75 bits per heavy atom. The number of rotatable bonds is 5. The summed E-state index contributed by atoms with van der Waals surface area (Å²) in [6, 6.07) is 4.37. The lowest BCUT2D eigenvalue weighted by Crippen LogP contribution is -2.16. The Morgan fingerprint density at radius 1 is 1.25 bits per heavy atom. The van der Waals surface area contributed by atoms with Gasteiger partial charge in [-0.05, 0) is 24.2 Å². The lowest BCUT2D eigenvalue weighted by Gasteiger charge is -2.13. The molecule has 0 saturated carbocycles. The minimum atomic E-state index is -0.537. The van der Waals surface area contributed by atoms with Crippen LogP contribution in [0.15, 0.2) is 41.5 Å². The van der Waals surface area contributed by atoms with Gasteiger partial charge in [-0.15, -0.1) is 0 Å². The SMILES string of the molecule is Cc1nonc1C(=O)Nc1cccc(F)c1NCc1cncnc1. The van der Waals surface area contributed by atoms with Crippen LogP contribution in [-0.2, 0) is 6.54 Å². The maximum atomic E-state index is 14.1. The van der Waals surface area contributed by atoms with Crippen molar-refractivity contribution in [2.45, 2.75) is 13.5 Å². The Morgan fingerprint density at radius 2 is 2.04 bits per heavy atom. The Labute approximate surface area is 136 Å². The molecule has 3 rings (SSSR count). The van der Waals surface area contributed by atoms with Gasteiger partial charge in [0.25, 0.3) is 5.91 Å². The third kappa shape index (κ3) is 3.35. The lowest BCUT2D eigenvalue weighted by atomic mass is 10.2. The highest BCUT2D eigenvalue weighted by Gasteiger charge is 2.17. The number of nitrogens with one attached hydrogen (secondary N) is 2. The number of carbonyl (C=O) groups excluding carboxylic acids is 1. The number of hydrogen-bond acceptors (Lipinski definition) is 7. The molecule has 0 unspecified atom stereocenters. The van der Waals surface area contributed by atoms with Crippen molar-refractivity contribution >= 4 is 17.3 Å². The third-order valence-electron chi connectivity index (χ3n) is 3.21. The molecule has 0 atom stereocenters. The molecule has 0 fully saturated rings. The van der Waals surface area contributed by atoms with E-state index in [9.17, 15) is 9.18 Å². The highest BCUT2D eigenvalue weighted by molar-refractivity contribution is 6.05. The third-order valence-corrected chi connectivity index (χ3v) is 3.21. The molecule has 0 spiro atoms. The van der Waals surface area contributed by atoms with Crippen LogP contribution in [0.1, 0.15) is 21.7 Å². The van der Waals surface area contributed by atoms with Crippen LogP contribution in [-0.4, -0.2) is 26.2 Å². The number of para-hydroxylation sites is 1. The second-order valence-corrected chi connectivity index (χ2v) is 4.92. The summed E-state index contributed by atoms with van der Waals surface area (Å²) in [5.41, 5.74) is 1.60. The Balaban J connectivity index is 1.80. The highest BCUT2D eigenvalue weighted by atomic mass is 19.1. The zero-order valence-corrected chi connectivity index (χ0v) is 12.7. The number of anilines is 2. The summed E-state index contributed by atoms with van der Waals surface area (Å²) in [7, 11) is 0. The molecule has 0 saturated heterocycles. The van der Waals surface area contributed by atoms with E-state index in [1.807, 2.05) is 0 Å². The molecule has 0 aliphatic rings. The second kappa shape index (κ2) is 6.82. The topological polar surface area (TPSA) is 106 Å². The van der Waals surface area contributed by atoms with Gasteiger partial charge in [-0.3, -0.25) is 4.79 Å². The van der Waals surface area contributed by atoms with Gasteiger partial charge in [0.1, 0.15) is 17.8 Å². The van der Waals surface area contributed by atoms with Gasteiger partial charge in [-0.25, -0.2) is 19.0 Å². The van der Waals surface area contributed by atoms with Crippen LogP contribution >= 0.6 is 0 Å². The van der Waals surface area contributed by atoms with E-state index in [1.165, 1.54) is 18.5 Å². The fourth-order valence-electron chi connectivity index (χ4n) is 2.04. The zero-order chi connectivity index (χ0) is 16.9. The normalized spacial score (nSPS) is 10.4. The summed E-state index contributed by atoms with van der Waals surface area (Å²) in [6.07, 6.45) is 4.64. The molecule has 3 aromatic rings. The number of aryl methyl sites for hydroxylation is 1. The van der Waals surface area contributed by atoms with Crippen molar-refractivity contribution in [3.63, 3.8) is 0 Å². The van der Waals surface area contributed by atoms with Crippen LogP contribution in [0.3, 0.4) is 0 Å². The summed E-state index contributed by atoms with van der Waals surface area (Å²) >= 11 is 0. The number of aromatic nitrogens is 4. The van der Waals surface area contributed by atoms with E-state index in [0.29, 0.717) is 12.2 Å². The van der Waals surface area contributed by atoms with Crippen molar-refractivity contribution in [2.75, 3.05) is 10.6 Å². The Bertz CT molecular complexity index is 852. The van der Waals surface area contributed by atoms with E-state index in [-0.39, 0.29) is 17.1 Å². The van der Waals surface area contributed by atoms with E-state index in [2.05, 4.69) is 35.5 Å². The molecule has 8 nitrogen and oxygen atoms in total. The quantitative estimate of drug-likeness (QED) is 0.739. The van der Waals surface area contributed by atoms with Crippen molar-refractivity contribution in [2.24, 2.45) is 0 Å². The largest absolute Gasteiger partial charge is 0.377 e.